The van der Waals surface area contributed by atoms with Crippen molar-refractivity contribution in [2.75, 3.05) is 13.1 Å². The summed E-state index contributed by atoms with van der Waals surface area (Å²) < 4.78 is 1.80. The summed E-state index contributed by atoms with van der Waals surface area (Å²) in [5.41, 5.74) is 2.02. The van der Waals surface area contributed by atoms with Gasteiger partial charge in [-0.25, -0.2) is 0 Å². The Morgan fingerprint density at radius 1 is 1.69 bits per heavy atom. The number of aryl methyl sites for hydroxylation is 1. The molecule has 1 aliphatic heterocycles. The lowest BCUT2D eigenvalue weighted by molar-refractivity contribution is 0.0761. The summed E-state index contributed by atoms with van der Waals surface area (Å²) in [5.74, 6) is 0.364. The Kier molecular flexibility index (Phi) is 2.09. The van der Waals surface area contributed by atoms with Crippen LogP contribution in [0.25, 0.3) is 0 Å². The second-order valence-corrected chi connectivity index (χ2v) is 3.67. The molecule has 4 nitrogen and oxygen atoms in total. The first-order valence-electron chi connectivity index (χ1n) is 4.57. The molecule has 2 rings (SSSR count). The third-order valence-electron chi connectivity index (χ3n) is 2.85. The van der Waals surface area contributed by atoms with E-state index in [0.717, 1.165) is 24.3 Å². The molecule has 1 saturated heterocycles. The third-order valence-corrected chi connectivity index (χ3v) is 2.85. The molecule has 0 spiro atoms. The quantitative estimate of drug-likeness (QED) is 0.674. The number of aromatic nitrogens is 2. The second kappa shape index (κ2) is 3.12. The highest BCUT2D eigenvalue weighted by molar-refractivity contribution is 5.20. The van der Waals surface area contributed by atoms with Crippen molar-refractivity contribution in [2.24, 2.45) is 13.0 Å². The van der Waals surface area contributed by atoms with E-state index >= 15 is 0 Å². The Labute approximate surface area is 77.6 Å². The number of hydrogen-bond donors (Lipinski definition) is 2. The maximum absolute atomic E-state index is 9.94. The van der Waals surface area contributed by atoms with E-state index < -0.39 is 0 Å². The highest BCUT2D eigenvalue weighted by Gasteiger charge is 2.28. The zero-order valence-corrected chi connectivity index (χ0v) is 7.99. The average molecular weight is 181 g/mol. The molecular weight excluding hydrogens is 166 g/mol. The Balaban J connectivity index is 2.18. The largest absolute Gasteiger partial charge is 0.388 e. The fraction of sp³-hybridized carbons (Fsp3) is 0.667. The number of hydrogen-bond acceptors (Lipinski definition) is 3. The number of nitrogens with one attached hydrogen (secondary N) is 1. The summed E-state index contributed by atoms with van der Waals surface area (Å²) in [5, 5.41) is 17.2. The van der Waals surface area contributed by atoms with E-state index in [2.05, 4.69) is 10.4 Å². The topological polar surface area (TPSA) is 50.1 Å². The van der Waals surface area contributed by atoms with Gasteiger partial charge in [-0.15, -0.1) is 0 Å². The molecule has 13 heavy (non-hydrogen) atoms. The monoisotopic (exact) mass is 181 g/mol. The van der Waals surface area contributed by atoms with Crippen molar-refractivity contribution in [1.82, 2.24) is 15.1 Å². The van der Waals surface area contributed by atoms with E-state index in [1.165, 1.54) is 0 Å². The molecule has 0 bridgehead atoms. The van der Waals surface area contributed by atoms with Crippen molar-refractivity contribution in [3.63, 3.8) is 0 Å². The van der Waals surface area contributed by atoms with Crippen LogP contribution in [0, 0.1) is 12.8 Å². The molecule has 0 saturated carbocycles. The van der Waals surface area contributed by atoms with Crippen molar-refractivity contribution in [3.05, 3.63) is 17.5 Å². The molecule has 4 heteroatoms. The zero-order valence-electron chi connectivity index (χ0n) is 7.99. The molecule has 2 heterocycles. The number of rotatable bonds is 2. The van der Waals surface area contributed by atoms with E-state index in [1.54, 1.807) is 10.9 Å². The number of nitrogens with zero attached hydrogens (tertiary/aromatic N) is 2. The van der Waals surface area contributed by atoms with Gasteiger partial charge in [0, 0.05) is 37.3 Å². The van der Waals surface area contributed by atoms with E-state index in [1.807, 2.05) is 14.0 Å². The third kappa shape index (κ3) is 1.36. The highest BCUT2D eigenvalue weighted by Crippen LogP contribution is 2.26. The lowest BCUT2D eigenvalue weighted by Gasteiger charge is -2.31. The van der Waals surface area contributed by atoms with Crippen LogP contribution in [-0.2, 0) is 7.05 Å². The predicted molar refractivity (Wildman–Crippen MR) is 49.3 cm³/mol. The molecule has 1 aliphatic rings. The van der Waals surface area contributed by atoms with Gasteiger partial charge in [0.1, 0.15) is 0 Å². The van der Waals surface area contributed by atoms with Crippen molar-refractivity contribution < 1.29 is 5.11 Å². The minimum Gasteiger partial charge on any atom is -0.388 e. The van der Waals surface area contributed by atoms with Gasteiger partial charge in [0.15, 0.2) is 0 Å². The molecule has 72 valence electrons. The van der Waals surface area contributed by atoms with Crippen LogP contribution in [0.2, 0.25) is 0 Å². The molecule has 1 aromatic rings. The van der Waals surface area contributed by atoms with E-state index in [4.69, 9.17) is 0 Å². The smallest absolute Gasteiger partial charge is 0.0875 e. The zero-order chi connectivity index (χ0) is 9.42. The fourth-order valence-corrected chi connectivity index (χ4v) is 1.59. The van der Waals surface area contributed by atoms with Gasteiger partial charge in [0.2, 0.25) is 0 Å². The van der Waals surface area contributed by atoms with Crippen LogP contribution in [0.5, 0.6) is 0 Å². The summed E-state index contributed by atoms with van der Waals surface area (Å²) in [7, 11) is 1.89. The van der Waals surface area contributed by atoms with Crippen molar-refractivity contribution in [3.8, 4) is 0 Å². The number of aliphatic hydroxyl groups is 1. The molecule has 1 unspecified atom stereocenters. The van der Waals surface area contributed by atoms with E-state index in [-0.39, 0.29) is 6.10 Å². The van der Waals surface area contributed by atoms with Gasteiger partial charge in [-0.05, 0) is 6.92 Å². The fourth-order valence-electron chi connectivity index (χ4n) is 1.59. The second-order valence-electron chi connectivity index (χ2n) is 3.67. The lowest BCUT2D eigenvalue weighted by atomic mass is 9.91. The first kappa shape index (κ1) is 8.72. The average Bonchev–Trinajstić information content (AvgIpc) is 2.29. The van der Waals surface area contributed by atoms with E-state index in [0.29, 0.717) is 5.92 Å². The van der Waals surface area contributed by atoms with Crippen LogP contribution in [-0.4, -0.2) is 28.0 Å². The minimum absolute atomic E-state index is 0.352. The summed E-state index contributed by atoms with van der Waals surface area (Å²) in [6, 6.07) is 0. The first-order valence-corrected chi connectivity index (χ1v) is 4.57. The van der Waals surface area contributed by atoms with Crippen LogP contribution in [0.1, 0.15) is 17.4 Å². The molecule has 0 amide bonds. The summed E-state index contributed by atoms with van der Waals surface area (Å²) in [6.07, 6.45) is 1.41. The molecule has 2 N–H and O–H groups in total. The SMILES string of the molecule is Cc1c(C(O)C2CNC2)cnn1C. The van der Waals surface area contributed by atoms with E-state index in [9.17, 15) is 5.11 Å². The van der Waals surface area contributed by atoms with Crippen molar-refractivity contribution >= 4 is 0 Å². The Bertz CT molecular complexity index is 304. The van der Waals surface area contributed by atoms with Gasteiger partial charge < -0.3 is 10.4 Å². The molecule has 0 radical (unpaired) electrons. The Hall–Kier alpha value is -0.870. The van der Waals surface area contributed by atoms with Gasteiger partial charge >= 0.3 is 0 Å². The van der Waals surface area contributed by atoms with Gasteiger partial charge in [-0.2, -0.15) is 5.10 Å². The van der Waals surface area contributed by atoms with Gasteiger partial charge in [0.05, 0.1) is 12.3 Å². The molecule has 0 aromatic carbocycles. The standard InChI is InChI=1S/C9H15N3O/c1-6-8(5-11-12(6)2)9(13)7-3-10-4-7/h5,7,9-10,13H,3-4H2,1-2H3. The summed E-state index contributed by atoms with van der Waals surface area (Å²) in [6.45, 7) is 3.81. The number of aliphatic hydroxyl groups excluding tert-OH is 1. The van der Waals surface area contributed by atoms with Crippen LogP contribution < -0.4 is 5.32 Å². The molecule has 1 atom stereocenters. The maximum Gasteiger partial charge on any atom is 0.0875 e. The molecule has 1 fully saturated rings. The molecular formula is C9H15N3O. The lowest BCUT2D eigenvalue weighted by Crippen LogP contribution is -2.45. The Morgan fingerprint density at radius 2 is 2.38 bits per heavy atom. The predicted octanol–water partition coefficient (Wildman–Crippen LogP) is -0.0187. The van der Waals surface area contributed by atoms with Crippen LogP contribution >= 0.6 is 0 Å². The molecule has 1 aromatic heterocycles. The first-order chi connectivity index (χ1) is 6.20. The van der Waals surface area contributed by atoms with Gasteiger partial charge in [-0.3, -0.25) is 4.68 Å². The normalized spacial score (nSPS) is 19.9. The minimum atomic E-state index is -0.352. The van der Waals surface area contributed by atoms with Crippen LogP contribution in [0.4, 0.5) is 0 Å². The van der Waals surface area contributed by atoms with Crippen molar-refractivity contribution in [1.29, 1.82) is 0 Å². The van der Waals surface area contributed by atoms with Gasteiger partial charge in [-0.1, -0.05) is 0 Å². The highest BCUT2D eigenvalue weighted by atomic mass is 16.3. The Morgan fingerprint density at radius 3 is 2.77 bits per heavy atom. The van der Waals surface area contributed by atoms with Gasteiger partial charge in [0.25, 0.3) is 0 Å². The van der Waals surface area contributed by atoms with Crippen LogP contribution in [0.3, 0.4) is 0 Å². The van der Waals surface area contributed by atoms with Crippen molar-refractivity contribution in [2.45, 2.75) is 13.0 Å². The summed E-state index contributed by atoms with van der Waals surface area (Å²) in [4.78, 5) is 0. The molecule has 0 aliphatic carbocycles. The summed E-state index contributed by atoms with van der Waals surface area (Å²) >= 11 is 0. The maximum atomic E-state index is 9.94. The van der Waals surface area contributed by atoms with Crippen LogP contribution in [0.15, 0.2) is 6.20 Å².